The van der Waals surface area contributed by atoms with Crippen molar-refractivity contribution in [3.05, 3.63) is 46.3 Å². The molecule has 0 bridgehead atoms. The van der Waals surface area contributed by atoms with E-state index in [9.17, 15) is 9.59 Å². The van der Waals surface area contributed by atoms with Crippen LogP contribution in [0.4, 0.5) is 0 Å². The predicted octanol–water partition coefficient (Wildman–Crippen LogP) is 1.61. The van der Waals surface area contributed by atoms with Crippen molar-refractivity contribution in [1.82, 2.24) is 0 Å². The molecule has 13 heavy (non-hydrogen) atoms. The SMILES string of the molecule is O=Cc1cc(=O)c2ccccc2o1. The first-order valence-corrected chi connectivity index (χ1v) is 3.79. The van der Waals surface area contributed by atoms with Gasteiger partial charge >= 0.3 is 0 Å². The number of hydrogen-bond donors (Lipinski definition) is 0. The van der Waals surface area contributed by atoms with Crippen molar-refractivity contribution in [2.75, 3.05) is 0 Å². The molecule has 0 saturated carbocycles. The third-order valence-electron chi connectivity index (χ3n) is 1.77. The minimum absolute atomic E-state index is 0.0590. The summed E-state index contributed by atoms with van der Waals surface area (Å²) >= 11 is 0. The Bertz CT molecular complexity index is 511. The van der Waals surface area contributed by atoms with Crippen LogP contribution in [0, 0.1) is 0 Å². The van der Waals surface area contributed by atoms with Gasteiger partial charge in [-0.1, -0.05) is 12.1 Å². The van der Waals surface area contributed by atoms with E-state index in [1.165, 1.54) is 6.07 Å². The molecule has 0 radical (unpaired) electrons. The normalized spacial score (nSPS) is 10.2. The fraction of sp³-hybridized carbons (Fsp3) is 0. The Balaban J connectivity index is 2.92. The number of rotatable bonds is 1. The zero-order valence-electron chi connectivity index (χ0n) is 6.69. The molecule has 3 heteroatoms. The van der Waals surface area contributed by atoms with Crippen molar-refractivity contribution in [3.63, 3.8) is 0 Å². The minimum Gasteiger partial charge on any atom is -0.453 e. The lowest BCUT2D eigenvalue weighted by molar-refractivity contribution is 0.110. The average molecular weight is 174 g/mol. The molecule has 3 nitrogen and oxygen atoms in total. The number of fused-ring (bicyclic) bond motifs is 1. The Labute approximate surface area is 73.6 Å². The van der Waals surface area contributed by atoms with Gasteiger partial charge in [-0.25, -0.2) is 0 Å². The van der Waals surface area contributed by atoms with Crippen molar-refractivity contribution >= 4 is 17.3 Å². The predicted molar refractivity (Wildman–Crippen MR) is 47.9 cm³/mol. The summed E-state index contributed by atoms with van der Waals surface area (Å²) in [6, 6.07) is 8.01. The summed E-state index contributed by atoms with van der Waals surface area (Å²) in [5.41, 5.74) is 0.251. The van der Waals surface area contributed by atoms with Gasteiger partial charge in [0.05, 0.1) is 5.39 Å². The van der Waals surface area contributed by atoms with Crippen LogP contribution in [0.25, 0.3) is 11.0 Å². The Morgan fingerprint density at radius 3 is 2.77 bits per heavy atom. The van der Waals surface area contributed by atoms with Gasteiger partial charge in [0.25, 0.3) is 0 Å². The second-order valence-corrected chi connectivity index (χ2v) is 2.63. The maximum atomic E-state index is 11.3. The molecule has 2 rings (SSSR count). The Morgan fingerprint density at radius 1 is 1.23 bits per heavy atom. The van der Waals surface area contributed by atoms with Crippen molar-refractivity contribution in [2.24, 2.45) is 0 Å². The number of carbonyl (C=O) groups excluding carboxylic acids is 1. The molecule has 1 aromatic carbocycles. The van der Waals surface area contributed by atoms with E-state index in [2.05, 4.69) is 0 Å². The van der Waals surface area contributed by atoms with Gasteiger partial charge in [0, 0.05) is 6.07 Å². The van der Waals surface area contributed by atoms with Crippen molar-refractivity contribution in [3.8, 4) is 0 Å². The molecule has 0 aliphatic rings. The average Bonchev–Trinajstić information content (AvgIpc) is 2.18. The monoisotopic (exact) mass is 174 g/mol. The maximum Gasteiger partial charge on any atom is 0.193 e. The zero-order valence-corrected chi connectivity index (χ0v) is 6.69. The topological polar surface area (TPSA) is 47.3 Å². The van der Waals surface area contributed by atoms with Crippen molar-refractivity contribution < 1.29 is 9.21 Å². The van der Waals surface area contributed by atoms with Crippen molar-refractivity contribution in [1.29, 1.82) is 0 Å². The van der Waals surface area contributed by atoms with E-state index in [0.29, 0.717) is 17.3 Å². The van der Waals surface area contributed by atoms with Gasteiger partial charge in [-0.3, -0.25) is 9.59 Å². The number of aldehydes is 1. The van der Waals surface area contributed by atoms with E-state index < -0.39 is 0 Å². The molecule has 2 aromatic rings. The molecule has 64 valence electrons. The summed E-state index contributed by atoms with van der Waals surface area (Å²) in [7, 11) is 0. The lowest BCUT2D eigenvalue weighted by Crippen LogP contribution is -2.00. The van der Waals surface area contributed by atoms with Crippen LogP contribution < -0.4 is 5.43 Å². The van der Waals surface area contributed by atoms with Crippen LogP contribution in [0.15, 0.2) is 39.5 Å². The standard InChI is InChI=1S/C10H6O3/c11-6-7-5-9(12)8-3-1-2-4-10(8)13-7/h1-6H. The number of carbonyl (C=O) groups is 1. The van der Waals surface area contributed by atoms with Crippen LogP contribution in [-0.2, 0) is 0 Å². The lowest BCUT2D eigenvalue weighted by atomic mass is 10.2. The van der Waals surface area contributed by atoms with Gasteiger partial charge in [0.2, 0.25) is 0 Å². The summed E-state index contributed by atoms with van der Waals surface area (Å²) in [6.07, 6.45) is 0.522. The van der Waals surface area contributed by atoms with Gasteiger partial charge in [0.15, 0.2) is 17.5 Å². The lowest BCUT2D eigenvalue weighted by Gasteiger charge is -1.95. The molecule has 0 amide bonds. The highest BCUT2D eigenvalue weighted by atomic mass is 16.3. The smallest absolute Gasteiger partial charge is 0.193 e. The number of benzene rings is 1. The summed E-state index contributed by atoms with van der Waals surface area (Å²) < 4.78 is 5.12. The fourth-order valence-corrected chi connectivity index (χ4v) is 1.18. The van der Waals surface area contributed by atoms with E-state index in [1.54, 1.807) is 24.3 Å². The molecule has 0 aliphatic heterocycles. The maximum absolute atomic E-state index is 11.3. The summed E-state index contributed by atoms with van der Waals surface area (Å²) in [6.45, 7) is 0. The van der Waals surface area contributed by atoms with E-state index in [-0.39, 0.29) is 11.2 Å². The highest BCUT2D eigenvalue weighted by molar-refractivity contribution is 5.80. The number of para-hydroxylation sites is 1. The first-order chi connectivity index (χ1) is 6.31. The van der Waals surface area contributed by atoms with E-state index in [4.69, 9.17) is 4.42 Å². The third-order valence-corrected chi connectivity index (χ3v) is 1.77. The van der Waals surface area contributed by atoms with Crippen LogP contribution in [0.3, 0.4) is 0 Å². The van der Waals surface area contributed by atoms with Gasteiger partial charge < -0.3 is 4.42 Å². The van der Waals surface area contributed by atoms with E-state index in [1.807, 2.05) is 0 Å². The summed E-state index contributed by atoms with van der Waals surface area (Å²) in [5, 5.41) is 0.494. The first-order valence-electron chi connectivity index (χ1n) is 3.79. The van der Waals surface area contributed by atoms with Crippen LogP contribution in [0.2, 0.25) is 0 Å². The second-order valence-electron chi connectivity index (χ2n) is 2.63. The molecule has 0 atom stereocenters. The van der Waals surface area contributed by atoms with Gasteiger partial charge in [-0.2, -0.15) is 0 Å². The molecular formula is C10H6O3. The summed E-state index contributed by atoms with van der Waals surface area (Å²) in [4.78, 5) is 21.7. The summed E-state index contributed by atoms with van der Waals surface area (Å²) in [5.74, 6) is 0.0590. The minimum atomic E-state index is -0.191. The van der Waals surface area contributed by atoms with Gasteiger partial charge in [-0.15, -0.1) is 0 Å². The molecule has 1 heterocycles. The molecule has 0 unspecified atom stereocenters. The fourth-order valence-electron chi connectivity index (χ4n) is 1.18. The first kappa shape index (κ1) is 7.73. The highest BCUT2D eigenvalue weighted by Gasteiger charge is 2.01. The highest BCUT2D eigenvalue weighted by Crippen LogP contribution is 2.09. The zero-order chi connectivity index (χ0) is 9.26. The molecule has 0 spiro atoms. The Kier molecular flexibility index (Phi) is 1.70. The van der Waals surface area contributed by atoms with Crippen LogP contribution >= 0.6 is 0 Å². The third kappa shape index (κ3) is 1.24. The molecule has 0 N–H and O–H groups in total. The Morgan fingerprint density at radius 2 is 2.00 bits per heavy atom. The van der Waals surface area contributed by atoms with Gasteiger partial charge in [0.1, 0.15) is 5.58 Å². The van der Waals surface area contributed by atoms with Crippen LogP contribution in [0.1, 0.15) is 10.6 Å². The number of hydrogen-bond acceptors (Lipinski definition) is 3. The quantitative estimate of drug-likeness (QED) is 0.617. The van der Waals surface area contributed by atoms with Crippen molar-refractivity contribution in [2.45, 2.75) is 0 Å². The second kappa shape index (κ2) is 2.86. The molecule has 0 aliphatic carbocycles. The Hall–Kier alpha value is -1.90. The molecule has 0 fully saturated rings. The molecule has 1 aromatic heterocycles. The van der Waals surface area contributed by atoms with Crippen LogP contribution in [-0.4, -0.2) is 6.29 Å². The molecule has 0 saturated heterocycles. The van der Waals surface area contributed by atoms with E-state index >= 15 is 0 Å². The van der Waals surface area contributed by atoms with E-state index in [0.717, 1.165) is 0 Å². The van der Waals surface area contributed by atoms with Gasteiger partial charge in [-0.05, 0) is 12.1 Å². The largest absolute Gasteiger partial charge is 0.453 e. The van der Waals surface area contributed by atoms with Crippen LogP contribution in [0.5, 0.6) is 0 Å². The molecular weight excluding hydrogens is 168 g/mol.